The largest absolute Gasteiger partial charge is 0.475 e. The van der Waals surface area contributed by atoms with Crippen LogP contribution in [-0.4, -0.2) is 36.0 Å². The van der Waals surface area contributed by atoms with E-state index in [1.807, 2.05) is 30.3 Å². The highest BCUT2D eigenvalue weighted by molar-refractivity contribution is 5.84. The predicted octanol–water partition coefficient (Wildman–Crippen LogP) is 2.36. The predicted molar refractivity (Wildman–Crippen MR) is 88.7 cm³/mol. The van der Waals surface area contributed by atoms with Crippen molar-refractivity contribution >= 4 is 11.6 Å². The summed E-state index contributed by atoms with van der Waals surface area (Å²) in [5.41, 5.74) is 2.72. The van der Waals surface area contributed by atoms with E-state index >= 15 is 0 Å². The fourth-order valence-electron chi connectivity index (χ4n) is 2.51. The molecule has 4 rings (SSSR count). The van der Waals surface area contributed by atoms with Crippen molar-refractivity contribution < 1.29 is 19.2 Å². The van der Waals surface area contributed by atoms with Gasteiger partial charge in [-0.05, 0) is 13.0 Å². The molecule has 0 aliphatic heterocycles. The van der Waals surface area contributed by atoms with Crippen molar-refractivity contribution in [1.29, 1.82) is 0 Å². The minimum absolute atomic E-state index is 0.169. The molecule has 0 atom stereocenters. The Morgan fingerprint density at radius 2 is 2.00 bits per heavy atom. The molecule has 3 aromatic heterocycles. The molecule has 9 heteroatoms. The number of carboxylic acids is 1. The smallest absolute Gasteiger partial charge is 0.375 e. The first-order valence-corrected chi connectivity index (χ1v) is 7.72. The van der Waals surface area contributed by atoms with E-state index in [9.17, 15) is 4.79 Å². The summed E-state index contributed by atoms with van der Waals surface area (Å²) in [5, 5.41) is 24.7. The minimum atomic E-state index is -1.22. The van der Waals surface area contributed by atoms with E-state index in [4.69, 9.17) is 14.4 Å². The van der Waals surface area contributed by atoms with E-state index < -0.39 is 5.97 Å². The number of carboxylic acid groups (broad SMARTS) is 1. The molecule has 0 saturated carbocycles. The van der Waals surface area contributed by atoms with Crippen molar-refractivity contribution in [3.05, 3.63) is 59.6 Å². The zero-order chi connectivity index (χ0) is 18.1. The van der Waals surface area contributed by atoms with E-state index in [0.717, 1.165) is 15.6 Å². The first-order chi connectivity index (χ1) is 12.6. The summed E-state index contributed by atoms with van der Waals surface area (Å²) in [6, 6.07) is 12.8. The molecule has 3 heterocycles. The molecule has 0 unspecified atom stereocenters. The average Bonchev–Trinajstić information content (AvgIpc) is 3.24. The molecule has 0 aliphatic carbocycles. The molecular formula is C17H13N5O4. The van der Waals surface area contributed by atoms with Gasteiger partial charge >= 0.3 is 5.97 Å². The van der Waals surface area contributed by atoms with Crippen LogP contribution in [0.4, 0.5) is 0 Å². The maximum atomic E-state index is 11.2. The second-order valence-corrected chi connectivity index (χ2v) is 5.49. The molecule has 0 radical (unpaired) electrons. The summed E-state index contributed by atoms with van der Waals surface area (Å²) < 4.78 is 12.1. The van der Waals surface area contributed by atoms with Gasteiger partial charge in [-0.2, -0.15) is 4.52 Å². The van der Waals surface area contributed by atoms with Crippen LogP contribution in [0.1, 0.15) is 21.9 Å². The number of aromatic carboxylic acids is 1. The number of carbonyl (C=O) groups is 1. The van der Waals surface area contributed by atoms with Gasteiger partial charge in [0.15, 0.2) is 5.65 Å². The Kier molecular flexibility index (Phi) is 3.81. The van der Waals surface area contributed by atoms with Crippen LogP contribution in [0.5, 0.6) is 5.88 Å². The van der Waals surface area contributed by atoms with Crippen LogP contribution in [-0.2, 0) is 6.61 Å². The van der Waals surface area contributed by atoms with Gasteiger partial charge in [0, 0.05) is 11.6 Å². The van der Waals surface area contributed by atoms with Gasteiger partial charge in [0.1, 0.15) is 18.1 Å². The molecule has 1 aromatic carbocycles. The normalized spacial score (nSPS) is 11.0. The number of aromatic nitrogens is 5. The van der Waals surface area contributed by atoms with Gasteiger partial charge in [0.05, 0.1) is 5.56 Å². The Balaban J connectivity index is 1.62. The quantitative estimate of drug-likeness (QED) is 0.582. The second-order valence-electron chi connectivity index (χ2n) is 5.49. The molecule has 26 heavy (non-hydrogen) atoms. The van der Waals surface area contributed by atoms with E-state index in [2.05, 4.69) is 20.5 Å². The standard InChI is InChI=1S/C17H13N5O4/c1-10-12(15(21-26-10)11-5-3-2-4-6-11)9-25-14-8-7-13-18-19-16(17(23)24)22(13)20-14/h2-8H,9H2,1H3,(H,23,24). The van der Waals surface area contributed by atoms with Crippen molar-refractivity contribution in [3.8, 4) is 17.1 Å². The maximum Gasteiger partial charge on any atom is 0.375 e. The number of hydrogen-bond donors (Lipinski definition) is 1. The third kappa shape index (κ3) is 2.75. The van der Waals surface area contributed by atoms with Crippen molar-refractivity contribution in [1.82, 2.24) is 25.0 Å². The summed E-state index contributed by atoms with van der Waals surface area (Å²) >= 11 is 0. The SMILES string of the molecule is Cc1onc(-c2ccccc2)c1COc1ccc2nnc(C(=O)O)n2n1. The Morgan fingerprint density at radius 3 is 2.77 bits per heavy atom. The van der Waals surface area contributed by atoms with E-state index in [-0.39, 0.29) is 18.3 Å². The molecule has 0 amide bonds. The Bertz CT molecular complexity index is 1090. The first-order valence-electron chi connectivity index (χ1n) is 7.72. The Hall–Kier alpha value is -3.75. The number of ether oxygens (including phenoxy) is 1. The van der Waals surface area contributed by atoms with Crippen LogP contribution < -0.4 is 4.74 Å². The summed E-state index contributed by atoms with van der Waals surface area (Å²) in [6.45, 7) is 1.97. The molecular weight excluding hydrogens is 338 g/mol. The number of hydrogen-bond acceptors (Lipinski definition) is 7. The van der Waals surface area contributed by atoms with Crippen molar-refractivity contribution in [2.45, 2.75) is 13.5 Å². The van der Waals surface area contributed by atoms with Crippen LogP contribution in [0.15, 0.2) is 47.0 Å². The lowest BCUT2D eigenvalue weighted by molar-refractivity contribution is 0.0680. The number of rotatable bonds is 5. The Morgan fingerprint density at radius 1 is 1.19 bits per heavy atom. The molecule has 0 bridgehead atoms. The zero-order valence-corrected chi connectivity index (χ0v) is 13.7. The lowest BCUT2D eigenvalue weighted by Crippen LogP contribution is -2.08. The second kappa shape index (κ2) is 6.28. The Labute approximate surface area is 146 Å². The van der Waals surface area contributed by atoms with E-state index in [1.165, 1.54) is 0 Å². The number of benzene rings is 1. The van der Waals surface area contributed by atoms with Crippen LogP contribution in [0.2, 0.25) is 0 Å². The van der Waals surface area contributed by atoms with Gasteiger partial charge in [-0.1, -0.05) is 35.5 Å². The molecule has 130 valence electrons. The first kappa shape index (κ1) is 15.8. The highest BCUT2D eigenvalue weighted by Crippen LogP contribution is 2.26. The van der Waals surface area contributed by atoms with Crippen molar-refractivity contribution in [3.63, 3.8) is 0 Å². The van der Waals surface area contributed by atoms with E-state index in [0.29, 0.717) is 17.1 Å². The number of nitrogens with zero attached hydrogens (tertiary/aromatic N) is 5. The van der Waals surface area contributed by atoms with Gasteiger partial charge in [-0.3, -0.25) is 0 Å². The highest BCUT2D eigenvalue weighted by atomic mass is 16.5. The summed E-state index contributed by atoms with van der Waals surface area (Å²) in [5.74, 6) is -0.625. The summed E-state index contributed by atoms with van der Waals surface area (Å²) in [6.07, 6.45) is 0. The average molecular weight is 351 g/mol. The van der Waals surface area contributed by atoms with Gasteiger partial charge in [-0.25, -0.2) is 4.79 Å². The van der Waals surface area contributed by atoms with Crippen LogP contribution in [0.25, 0.3) is 16.9 Å². The van der Waals surface area contributed by atoms with Gasteiger partial charge in [0.2, 0.25) is 5.88 Å². The molecule has 0 spiro atoms. The summed E-state index contributed by atoms with van der Waals surface area (Å²) in [7, 11) is 0. The molecule has 9 nitrogen and oxygen atoms in total. The molecule has 1 N–H and O–H groups in total. The number of aryl methyl sites for hydroxylation is 1. The topological polar surface area (TPSA) is 116 Å². The zero-order valence-electron chi connectivity index (χ0n) is 13.7. The third-order valence-corrected chi connectivity index (χ3v) is 3.83. The van der Waals surface area contributed by atoms with E-state index in [1.54, 1.807) is 19.1 Å². The van der Waals surface area contributed by atoms with Gasteiger partial charge in [0.25, 0.3) is 5.82 Å². The van der Waals surface area contributed by atoms with Crippen LogP contribution >= 0.6 is 0 Å². The third-order valence-electron chi connectivity index (χ3n) is 3.83. The fourth-order valence-corrected chi connectivity index (χ4v) is 2.51. The van der Waals surface area contributed by atoms with Gasteiger partial charge in [-0.15, -0.1) is 15.3 Å². The highest BCUT2D eigenvalue weighted by Gasteiger charge is 2.17. The van der Waals surface area contributed by atoms with Gasteiger partial charge < -0.3 is 14.4 Å². The lowest BCUT2D eigenvalue weighted by Gasteiger charge is -2.06. The molecule has 0 saturated heterocycles. The molecule has 0 aliphatic rings. The monoisotopic (exact) mass is 351 g/mol. The van der Waals surface area contributed by atoms with Crippen molar-refractivity contribution in [2.75, 3.05) is 0 Å². The maximum absolute atomic E-state index is 11.2. The van der Waals surface area contributed by atoms with Crippen LogP contribution in [0.3, 0.4) is 0 Å². The van der Waals surface area contributed by atoms with Crippen LogP contribution in [0, 0.1) is 6.92 Å². The summed E-state index contributed by atoms with van der Waals surface area (Å²) in [4.78, 5) is 11.2. The fraction of sp³-hybridized carbons (Fsp3) is 0.118. The van der Waals surface area contributed by atoms with Crippen molar-refractivity contribution in [2.24, 2.45) is 0 Å². The molecule has 0 fully saturated rings. The lowest BCUT2D eigenvalue weighted by atomic mass is 10.1. The number of fused-ring (bicyclic) bond motifs is 1. The minimum Gasteiger partial charge on any atom is -0.475 e. The molecule has 4 aromatic rings.